The molecular weight excluding hydrogens is 364 g/mol. The largest absolute Gasteiger partial charge is 0.310 e. The SMILES string of the molecule is O=c1[nH]c(CSCc2ccccc2)nc2c1C1(CCCC1)Cc1ccccc1-2. The van der Waals surface area contributed by atoms with Crippen molar-refractivity contribution in [3.8, 4) is 11.3 Å². The third kappa shape index (κ3) is 3.10. The van der Waals surface area contributed by atoms with Crippen LogP contribution in [-0.4, -0.2) is 9.97 Å². The van der Waals surface area contributed by atoms with Gasteiger partial charge in [0, 0.05) is 16.7 Å². The maximum absolute atomic E-state index is 13.2. The van der Waals surface area contributed by atoms with Crippen LogP contribution in [0.5, 0.6) is 0 Å². The fourth-order valence-corrected chi connectivity index (χ4v) is 5.81. The van der Waals surface area contributed by atoms with Crippen LogP contribution in [0.3, 0.4) is 0 Å². The highest BCUT2D eigenvalue weighted by atomic mass is 32.2. The van der Waals surface area contributed by atoms with E-state index in [2.05, 4.69) is 53.5 Å². The summed E-state index contributed by atoms with van der Waals surface area (Å²) in [5, 5.41) is 0. The molecule has 1 saturated carbocycles. The number of hydrogen-bond donors (Lipinski definition) is 1. The van der Waals surface area contributed by atoms with Gasteiger partial charge in [-0.25, -0.2) is 4.98 Å². The van der Waals surface area contributed by atoms with Crippen LogP contribution >= 0.6 is 11.8 Å². The molecule has 4 heteroatoms. The number of rotatable bonds is 4. The number of benzene rings is 2. The third-order valence-electron chi connectivity index (χ3n) is 6.21. The second-order valence-corrected chi connectivity index (χ2v) is 9.02. The molecule has 3 aromatic rings. The fourth-order valence-electron chi connectivity index (χ4n) is 4.95. The van der Waals surface area contributed by atoms with Crippen molar-refractivity contribution in [2.24, 2.45) is 0 Å². The minimum absolute atomic E-state index is 0.0139. The molecule has 3 nitrogen and oxygen atoms in total. The summed E-state index contributed by atoms with van der Waals surface area (Å²) in [5.74, 6) is 2.42. The number of aromatic nitrogens is 2. The van der Waals surface area contributed by atoms with E-state index in [0.717, 1.165) is 47.7 Å². The minimum atomic E-state index is -0.0139. The number of nitrogens with zero attached hydrogens (tertiary/aromatic N) is 1. The van der Waals surface area contributed by atoms with Crippen LogP contribution in [0.15, 0.2) is 59.4 Å². The molecule has 0 radical (unpaired) electrons. The van der Waals surface area contributed by atoms with Gasteiger partial charge in [-0.05, 0) is 30.4 Å². The lowest BCUT2D eigenvalue weighted by Crippen LogP contribution is -2.37. The Morgan fingerprint density at radius 2 is 1.71 bits per heavy atom. The van der Waals surface area contributed by atoms with Crippen molar-refractivity contribution in [3.63, 3.8) is 0 Å². The lowest BCUT2D eigenvalue weighted by atomic mass is 9.68. The van der Waals surface area contributed by atoms with Crippen molar-refractivity contribution in [2.75, 3.05) is 0 Å². The Bertz CT molecular complexity index is 1050. The number of thioether (sulfide) groups is 1. The summed E-state index contributed by atoms with van der Waals surface area (Å²) in [4.78, 5) is 21.3. The Morgan fingerprint density at radius 1 is 0.964 bits per heavy atom. The summed E-state index contributed by atoms with van der Waals surface area (Å²) in [6.45, 7) is 0. The zero-order chi connectivity index (χ0) is 19.0. The molecule has 0 amide bonds. The third-order valence-corrected chi connectivity index (χ3v) is 7.23. The Hall–Kier alpha value is -2.33. The highest BCUT2D eigenvalue weighted by molar-refractivity contribution is 7.97. The smallest absolute Gasteiger partial charge is 0.255 e. The molecule has 0 saturated heterocycles. The molecule has 2 aliphatic rings. The summed E-state index contributed by atoms with van der Waals surface area (Å²) in [6.07, 6.45) is 5.58. The number of nitrogens with one attached hydrogen (secondary N) is 1. The normalized spacial score (nSPS) is 16.7. The van der Waals surface area contributed by atoms with Gasteiger partial charge in [-0.3, -0.25) is 4.79 Å². The predicted octanol–water partition coefficient (Wildman–Crippen LogP) is 5.24. The van der Waals surface area contributed by atoms with Crippen LogP contribution < -0.4 is 5.56 Å². The first-order valence-electron chi connectivity index (χ1n) is 10.1. The van der Waals surface area contributed by atoms with Crippen LogP contribution in [0.1, 0.15) is 48.2 Å². The number of hydrogen-bond acceptors (Lipinski definition) is 3. The highest BCUT2D eigenvalue weighted by Gasteiger charge is 2.43. The van der Waals surface area contributed by atoms with E-state index >= 15 is 0 Å². The molecule has 2 aliphatic carbocycles. The van der Waals surface area contributed by atoms with Gasteiger partial charge in [-0.1, -0.05) is 67.4 Å². The van der Waals surface area contributed by atoms with E-state index in [9.17, 15) is 4.79 Å². The summed E-state index contributed by atoms with van der Waals surface area (Å²) in [5.41, 5.74) is 5.73. The lowest BCUT2D eigenvalue weighted by Gasteiger charge is -2.35. The topological polar surface area (TPSA) is 45.8 Å². The molecule has 0 unspecified atom stereocenters. The van der Waals surface area contributed by atoms with Gasteiger partial charge in [0.1, 0.15) is 5.82 Å². The van der Waals surface area contributed by atoms with E-state index in [-0.39, 0.29) is 11.0 Å². The van der Waals surface area contributed by atoms with E-state index in [4.69, 9.17) is 4.98 Å². The van der Waals surface area contributed by atoms with Crippen molar-refractivity contribution in [1.82, 2.24) is 9.97 Å². The first kappa shape index (κ1) is 17.7. The molecule has 28 heavy (non-hydrogen) atoms. The van der Waals surface area contributed by atoms with Crippen molar-refractivity contribution in [2.45, 2.75) is 49.0 Å². The zero-order valence-electron chi connectivity index (χ0n) is 15.9. The first-order chi connectivity index (χ1) is 13.8. The molecule has 2 aromatic carbocycles. The number of fused-ring (bicyclic) bond motifs is 4. The van der Waals surface area contributed by atoms with Crippen molar-refractivity contribution < 1.29 is 0 Å². The molecule has 0 aliphatic heterocycles. The molecule has 0 bridgehead atoms. The number of aromatic amines is 1. The zero-order valence-corrected chi connectivity index (χ0v) is 16.7. The van der Waals surface area contributed by atoms with Gasteiger partial charge in [0.25, 0.3) is 5.56 Å². The average molecular weight is 389 g/mol. The molecule has 5 rings (SSSR count). The van der Waals surface area contributed by atoms with Gasteiger partial charge in [-0.15, -0.1) is 11.8 Å². The van der Waals surface area contributed by atoms with Crippen LogP contribution in [0, 0.1) is 0 Å². The maximum Gasteiger partial charge on any atom is 0.255 e. The predicted molar refractivity (Wildman–Crippen MR) is 116 cm³/mol. The average Bonchev–Trinajstić information content (AvgIpc) is 3.17. The van der Waals surface area contributed by atoms with E-state index in [1.807, 2.05) is 6.07 Å². The van der Waals surface area contributed by atoms with Gasteiger partial charge in [0.05, 0.1) is 17.0 Å². The first-order valence-corrected chi connectivity index (χ1v) is 11.2. The fraction of sp³-hybridized carbons (Fsp3) is 0.333. The van der Waals surface area contributed by atoms with E-state index in [1.165, 1.54) is 24.0 Å². The molecule has 1 N–H and O–H groups in total. The molecule has 142 valence electrons. The van der Waals surface area contributed by atoms with E-state index < -0.39 is 0 Å². The van der Waals surface area contributed by atoms with Crippen molar-refractivity contribution >= 4 is 11.8 Å². The van der Waals surface area contributed by atoms with Gasteiger partial charge in [0.2, 0.25) is 0 Å². The minimum Gasteiger partial charge on any atom is -0.310 e. The molecule has 0 atom stereocenters. The standard InChI is InChI=1S/C24H24N2OS/c27-23-21-22(25-20(26-23)16-28-15-17-8-2-1-3-9-17)19-11-5-4-10-18(19)14-24(21)12-6-7-13-24/h1-5,8-11H,6-7,12-16H2,(H,25,26,27). The second kappa shape index (κ2) is 7.25. The van der Waals surface area contributed by atoms with Crippen LogP contribution in [-0.2, 0) is 23.3 Å². The quantitative estimate of drug-likeness (QED) is 0.665. The molecule has 1 aromatic heterocycles. The molecule has 1 spiro atoms. The van der Waals surface area contributed by atoms with Gasteiger partial charge < -0.3 is 4.98 Å². The summed E-state index contributed by atoms with van der Waals surface area (Å²) < 4.78 is 0. The monoisotopic (exact) mass is 388 g/mol. The maximum atomic E-state index is 13.2. The summed E-state index contributed by atoms with van der Waals surface area (Å²) in [7, 11) is 0. The van der Waals surface area contributed by atoms with Crippen LogP contribution in [0.4, 0.5) is 0 Å². The molecule has 1 heterocycles. The molecular formula is C24H24N2OS. The second-order valence-electron chi connectivity index (χ2n) is 8.04. The lowest BCUT2D eigenvalue weighted by molar-refractivity contribution is 0.426. The summed E-state index contributed by atoms with van der Waals surface area (Å²) in [6, 6.07) is 18.9. The van der Waals surface area contributed by atoms with Crippen LogP contribution in [0.25, 0.3) is 11.3 Å². The van der Waals surface area contributed by atoms with Gasteiger partial charge in [-0.2, -0.15) is 0 Å². The van der Waals surface area contributed by atoms with Crippen LogP contribution in [0.2, 0.25) is 0 Å². The Morgan fingerprint density at radius 3 is 2.54 bits per heavy atom. The van der Waals surface area contributed by atoms with E-state index in [0.29, 0.717) is 5.75 Å². The Labute approximate surface area is 169 Å². The molecule has 1 fully saturated rings. The van der Waals surface area contributed by atoms with Gasteiger partial charge in [0.15, 0.2) is 0 Å². The highest BCUT2D eigenvalue weighted by Crippen LogP contribution is 2.49. The Balaban J connectivity index is 1.50. The Kier molecular flexibility index (Phi) is 4.59. The van der Waals surface area contributed by atoms with E-state index in [1.54, 1.807) is 11.8 Å². The summed E-state index contributed by atoms with van der Waals surface area (Å²) >= 11 is 1.79. The van der Waals surface area contributed by atoms with Gasteiger partial charge >= 0.3 is 0 Å². The van der Waals surface area contributed by atoms with Crippen molar-refractivity contribution in [1.29, 1.82) is 0 Å². The van der Waals surface area contributed by atoms with Crippen molar-refractivity contribution in [3.05, 3.63) is 87.5 Å². The number of H-pyrrole nitrogens is 1.